The summed E-state index contributed by atoms with van der Waals surface area (Å²) in [4.78, 5) is 0. The molecule has 10 heavy (non-hydrogen) atoms. The molecule has 0 aromatic heterocycles. The van der Waals surface area contributed by atoms with E-state index in [4.69, 9.17) is 0 Å². The van der Waals surface area contributed by atoms with Crippen molar-refractivity contribution in [1.82, 2.24) is 10.0 Å². The minimum absolute atomic E-state index is 1.10. The molecule has 0 aromatic rings. The van der Waals surface area contributed by atoms with E-state index in [0.29, 0.717) is 0 Å². The Morgan fingerprint density at radius 1 is 1.40 bits per heavy atom. The lowest BCUT2D eigenvalue weighted by atomic mass is 10.3. The van der Waals surface area contributed by atoms with Gasteiger partial charge >= 0.3 is 0 Å². The summed E-state index contributed by atoms with van der Waals surface area (Å²) >= 11 is 0. The van der Waals surface area contributed by atoms with E-state index in [1.54, 1.807) is 0 Å². The fourth-order valence-electron chi connectivity index (χ4n) is 1.31. The van der Waals surface area contributed by atoms with Gasteiger partial charge < -0.3 is 5.01 Å². The normalized spacial score (nSPS) is 21.0. The van der Waals surface area contributed by atoms with Crippen LogP contribution in [0.4, 0.5) is 0 Å². The summed E-state index contributed by atoms with van der Waals surface area (Å²) < 4.78 is 0. The van der Waals surface area contributed by atoms with Gasteiger partial charge in [0.05, 0.1) is 0 Å². The molecule has 0 unspecified atom stereocenters. The van der Waals surface area contributed by atoms with Crippen molar-refractivity contribution in [3.63, 3.8) is 0 Å². The molecule has 0 radical (unpaired) electrons. The first-order valence-electron chi connectivity index (χ1n) is 3.81. The highest BCUT2D eigenvalue weighted by Gasteiger charge is 2.18. The van der Waals surface area contributed by atoms with Crippen molar-refractivity contribution in [1.29, 1.82) is 0 Å². The maximum Gasteiger partial charge on any atom is 0.0408 e. The van der Waals surface area contributed by atoms with Crippen molar-refractivity contribution in [2.45, 2.75) is 20.8 Å². The zero-order chi connectivity index (χ0) is 7.72. The van der Waals surface area contributed by atoms with Gasteiger partial charge in [-0.2, -0.15) is 0 Å². The van der Waals surface area contributed by atoms with Gasteiger partial charge in [-0.15, -0.1) is 0 Å². The summed E-state index contributed by atoms with van der Waals surface area (Å²) in [6.45, 7) is 8.76. The minimum atomic E-state index is 1.10. The lowest BCUT2D eigenvalue weighted by molar-refractivity contribution is 0.0746. The van der Waals surface area contributed by atoms with E-state index in [0.717, 1.165) is 13.1 Å². The molecule has 0 N–H and O–H groups in total. The molecule has 0 bridgehead atoms. The summed E-state index contributed by atoms with van der Waals surface area (Å²) in [5.74, 6) is 0. The largest absolute Gasteiger partial charge is 0.313 e. The Balaban J connectivity index is 2.67. The second kappa shape index (κ2) is 2.62. The Hall–Kier alpha value is -0.500. The van der Waals surface area contributed by atoms with Gasteiger partial charge in [-0.1, -0.05) is 6.92 Å². The fraction of sp³-hybridized carbons (Fsp3) is 0.750. The molecule has 0 saturated carbocycles. The lowest BCUT2D eigenvalue weighted by Crippen LogP contribution is -2.33. The third-order valence-corrected chi connectivity index (χ3v) is 2.31. The molecule has 2 nitrogen and oxygen atoms in total. The van der Waals surface area contributed by atoms with Crippen molar-refractivity contribution in [2.24, 2.45) is 0 Å². The first-order valence-corrected chi connectivity index (χ1v) is 3.81. The van der Waals surface area contributed by atoms with Crippen LogP contribution in [0.5, 0.6) is 0 Å². The van der Waals surface area contributed by atoms with Crippen molar-refractivity contribution < 1.29 is 0 Å². The fourth-order valence-corrected chi connectivity index (χ4v) is 1.31. The van der Waals surface area contributed by atoms with Crippen LogP contribution in [0, 0.1) is 0 Å². The second-order valence-corrected chi connectivity index (χ2v) is 2.87. The maximum absolute atomic E-state index is 2.32. The highest BCUT2D eigenvalue weighted by Crippen LogP contribution is 2.19. The molecule has 1 heterocycles. The number of likely N-dealkylation sites (N-methyl/N-ethyl adjacent to an activating group) is 1. The number of hydrazine groups is 1. The smallest absolute Gasteiger partial charge is 0.0408 e. The van der Waals surface area contributed by atoms with E-state index in [2.05, 4.69) is 37.8 Å². The molecule has 58 valence electrons. The predicted octanol–water partition coefficient (Wildman–Crippen LogP) is 1.46. The highest BCUT2D eigenvalue weighted by atomic mass is 15.6. The van der Waals surface area contributed by atoms with Crippen LogP contribution in [-0.2, 0) is 0 Å². The molecule has 0 amide bonds. The Morgan fingerprint density at radius 2 is 2.00 bits per heavy atom. The molecule has 2 heteroatoms. The Bertz CT molecular complexity index is 161. The number of rotatable bonds is 1. The van der Waals surface area contributed by atoms with Gasteiger partial charge in [0.2, 0.25) is 0 Å². The van der Waals surface area contributed by atoms with Crippen molar-refractivity contribution >= 4 is 0 Å². The maximum atomic E-state index is 2.32. The molecular formula is C8H16N2. The molecule has 1 aliphatic heterocycles. The quantitative estimate of drug-likeness (QED) is 0.544. The van der Waals surface area contributed by atoms with Crippen LogP contribution in [0.2, 0.25) is 0 Å². The van der Waals surface area contributed by atoms with E-state index < -0.39 is 0 Å². The highest BCUT2D eigenvalue weighted by molar-refractivity contribution is 5.14. The summed E-state index contributed by atoms with van der Waals surface area (Å²) in [5.41, 5.74) is 2.89. The third-order valence-electron chi connectivity index (χ3n) is 2.31. The number of hydrogen-bond acceptors (Lipinski definition) is 2. The summed E-state index contributed by atoms with van der Waals surface area (Å²) in [6.07, 6.45) is 0. The van der Waals surface area contributed by atoms with Crippen LogP contribution < -0.4 is 0 Å². The molecule has 0 aliphatic carbocycles. The zero-order valence-electron chi connectivity index (χ0n) is 7.31. The van der Waals surface area contributed by atoms with Gasteiger partial charge in [0.15, 0.2) is 0 Å². The van der Waals surface area contributed by atoms with Gasteiger partial charge in [-0.3, -0.25) is 0 Å². The van der Waals surface area contributed by atoms with E-state index in [1.165, 1.54) is 11.3 Å². The van der Waals surface area contributed by atoms with Gasteiger partial charge in [0.25, 0.3) is 0 Å². The molecule has 0 saturated heterocycles. The van der Waals surface area contributed by atoms with Gasteiger partial charge in [-0.05, 0) is 19.4 Å². The molecular weight excluding hydrogens is 124 g/mol. The first kappa shape index (κ1) is 7.61. The molecule has 0 spiro atoms. The Labute approximate surface area is 63.1 Å². The number of allylic oxidation sites excluding steroid dienone is 1. The summed E-state index contributed by atoms with van der Waals surface area (Å²) in [6, 6.07) is 0. The van der Waals surface area contributed by atoms with Crippen LogP contribution in [0.15, 0.2) is 11.3 Å². The Kier molecular flexibility index (Phi) is 2.00. The third kappa shape index (κ3) is 1.03. The van der Waals surface area contributed by atoms with Crippen molar-refractivity contribution in [2.75, 3.05) is 20.1 Å². The standard InChI is InChI=1S/C8H16N2/c1-5-10-6-7(2)8(3)9(10)4/h5-6H2,1-4H3. The van der Waals surface area contributed by atoms with Crippen LogP contribution >= 0.6 is 0 Å². The molecule has 1 aliphatic rings. The predicted molar refractivity (Wildman–Crippen MR) is 43.4 cm³/mol. The SMILES string of the molecule is CCN1CC(C)=C(C)N1C. The topological polar surface area (TPSA) is 6.48 Å². The number of nitrogens with zero attached hydrogens (tertiary/aromatic N) is 2. The molecule has 0 atom stereocenters. The van der Waals surface area contributed by atoms with Crippen molar-refractivity contribution in [3.05, 3.63) is 11.3 Å². The Morgan fingerprint density at radius 3 is 2.20 bits per heavy atom. The minimum Gasteiger partial charge on any atom is -0.313 e. The lowest BCUT2D eigenvalue weighted by Gasteiger charge is -2.25. The first-order chi connectivity index (χ1) is 4.66. The molecule has 0 aromatic carbocycles. The summed E-state index contributed by atoms with van der Waals surface area (Å²) in [7, 11) is 2.12. The summed E-state index contributed by atoms with van der Waals surface area (Å²) in [5, 5.41) is 4.56. The monoisotopic (exact) mass is 140 g/mol. The van der Waals surface area contributed by atoms with Crippen LogP contribution in [0.3, 0.4) is 0 Å². The van der Waals surface area contributed by atoms with E-state index in [9.17, 15) is 0 Å². The van der Waals surface area contributed by atoms with Crippen LogP contribution in [0.1, 0.15) is 20.8 Å². The van der Waals surface area contributed by atoms with E-state index in [1.807, 2.05) is 0 Å². The van der Waals surface area contributed by atoms with Gasteiger partial charge in [0.1, 0.15) is 0 Å². The van der Waals surface area contributed by atoms with Crippen LogP contribution in [0.25, 0.3) is 0 Å². The average molecular weight is 140 g/mol. The van der Waals surface area contributed by atoms with Gasteiger partial charge in [0, 0.05) is 25.8 Å². The molecule has 0 fully saturated rings. The van der Waals surface area contributed by atoms with Crippen molar-refractivity contribution in [3.8, 4) is 0 Å². The number of hydrogen-bond donors (Lipinski definition) is 0. The molecule has 1 rings (SSSR count). The van der Waals surface area contributed by atoms with Crippen LogP contribution in [-0.4, -0.2) is 30.2 Å². The van der Waals surface area contributed by atoms with E-state index >= 15 is 0 Å². The average Bonchev–Trinajstić information content (AvgIpc) is 2.17. The van der Waals surface area contributed by atoms with E-state index in [-0.39, 0.29) is 0 Å². The second-order valence-electron chi connectivity index (χ2n) is 2.87. The van der Waals surface area contributed by atoms with Gasteiger partial charge in [-0.25, -0.2) is 5.01 Å². The zero-order valence-corrected chi connectivity index (χ0v) is 7.31.